The van der Waals surface area contributed by atoms with Gasteiger partial charge in [-0.2, -0.15) is 0 Å². The number of aromatic hydroxyl groups is 1. The van der Waals surface area contributed by atoms with Gasteiger partial charge in [-0.05, 0) is 30.3 Å². The molecule has 0 unspecified atom stereocenters. The van der Waals surface area contributed by atoms with E-state index in [0.29, 0.717) is 0 Å². The summed E-state index contributed by atoms with van der Waals surface area (Å²) in [5.41, 5.74) is 7.85. The van der Waals surface area contributed by atoms with Crippen molar-refractivity contribution < 1.29 is 9.90 Å². The average Bonchev–Trinajstić information content (AvgIpc) is 2.98. The van der Waals surface area contributed by atoms with Crippen LogP contribution in [0.15, 0.2) is 52.3 Å². The highest BCUT2D eigenvalue weighted by atomic mass is 79.9. The first kappa shape index (κ1) is 14.7. The predicted molar refractivity (Wildman–Crippen MR) is 90.9 cm³/mol. The summed E-state index contributed by atoms with van der Waals surface area (Å²) in [7, 11) is 0. The number of nitrogens with zero attached hydrogens (tertiary/aromatic N) is 1. The molecule has 110 valence electrons. The number of nitrogens with two attached hydrogens (primary N) is 1. The minimum Gasteiger partial charge on any atom is -0.507 e. The van der Waals surface area contributed by atoms with E-state index in [2.05, 4.69) is 20.9 Å². The first-order chi connectivity index (χ1) is 10.5. The normalized spacial score (nSPS) is 10.6. The quantitative estimate of drug-likeness (QED) is 0.725. The van der Waals surface area contributed by atoms with Gasteiger partial charge in [0.1, 0.15) is 10.8 Å². The Hall–Kier alpha value is -2.18. The van der Waals surface area contributed by atoms with E-state index in [4.69, 9.17) is 5.73 Å². The molecule has 2 aromatic carbocycles. The SMILES string of the molecule is NC(=O)c1cc(-c2csc(-c3ccc(Br)cc3)n2)ccc1O. The van der Waals surface area contributed by atoms with Crippen molar-refractivity contribution in [2.24, 2.45) is 5.73 Å². The number of aromatic nitrogens is 1. The Bertz CT molecular complexity index is 844. The van der Waals surface area contributed by atoms with Gasteiger partial charge in [-0.25, -0.2) is 4.98 Å². The van der Waals surface area contributed by atoms with Gasteiger partial charge in [-0.3, -0.25) is 4.79 Å². The minimum atomic E-state index is -0.664. The molecule has 0 fully saturated rings. The van der Waals surface area contributed by atoms with Crippen molar-refractivity contribution in [1.82, 2.24) is 4.98 Å². The van der Waals surface area contributed by atoms with Crippen LogP contribution < -0.4 is 5.73 Å². The number of halogens is 1. The highest BCUT2D eigenvalue weighted by Crippen LogP contribution is 2.31. The van der Waals surface area contributed by atoms with Gasteiger partial charge in [-0.15, -0.1) is 11.3 Å². The Balaban J connectivity index is 1.99. The summed E-state index contributed by atoms with van der Waals surface area (Å²) in [6.45, 7) is 0. The molecule has 1 amide bonds. The largest absolute Gasteiger partial charge is 0.507 e. The van der Waals surface area contributed by atoms with Gasteiger partial charge in [0.05, 0.1) is 11.3 Å². The van der Waals surface area contributed by atoms with E-state index < -0.39 is 5.91 Å². The molecule has 0 bridgehead atoms. The maximum Gasteiger partial charge on any atom is 0.252 e. The van der Waals surface area contributed by atoms with E-state index in [1.165, 1.54) is 17.4 Å². The second-order valence-electron chi connectivity index (χ2n) is 4.64. The zero-order chi connectivity index (χ0) is 15.7. The van der Waals surface area contributed by atoms with E-state index >= 15 is 0 Å². The van der Waals surface area contributed by atoms with Gasteiger partial charge in [0.25, 0.3) is 5.91 Å². The molecule has 0 aliphatic carbocycles. The molecule has 22 heavy (non-hydrogen) atoms. The molecule has 4 nitrogen and oxygen atoms in total. The molecule has 1 heterocycles. The van der Waals surface area contributed by atoms with Crippen molar-refractivity contribution in [3.05, 3.63) is 57.9 Å². The Morgan fingerprint density at radius 2 is 1.82 bits per heavy atom. The van der Waals surface area contributed by atoms with Crippen molar-refractivity contribution in [1.29, 1.82) is 0 Å². The van der Waals surface area contributed by atoms with Crippen molar-refractivity contribution in [2.45, 2.75) is 0 Å². The lowest BCUT2D eigenvalue weighted by molar-refractivity contribution is 0.0998. The zero-order valence-corrected chi connectivity index (χ0v) is 13.7. The van der Waals surface area contributed by atoms with Gasteiger partial charge < -0.3 is 10.8 Å². The maximum atomic E-state index is 11.3. The number of phenols is 1. The van der Waals surface area contributed by atoms with Gasteiger partial charge >= 0.3 is 0 Å². The predicted octanol–water partition coefficient (Wildman–Crippen LogP) is 4.04. The topological polar surface area (TPSA) is 76.2 Å². The van der Waals surface area contributed by atoms with Crippen molar-refractivity contribution in [3.8, 4) is 27.6 Å². The summed E-state index contributed by atoms with van der Waals surface area (Å²) in [5.74, 6) is -0.790. The number of carbonyl (C=O) groups is 1. The molecular weight excluding hydrogens is 364 g/mol. The number of amides is 1. The first-order valence-electron chi connectivity index (χ1n) is 6.39. The summed E-state index contributed by atoms with van der Waals surface area (Å²) >= 11 is 4.92. The number of rotatable bonds is 3. The molecule has 0 saturated carbocycles. The van der Waals surface area contributed by atoms with E-state index in [1.54, 1.807) is 12.1 Å². The molecule has 0 radical (unpaired) electrons. The van der Waals surface area contributed by atoms with Crippen LogP contribution in [-0.4, -0.2) is 16.0 Å². The summed E-state index contributed by atoms with van der Waals surface area (Å²) in [5, 5.41) is 12.4. The number of hydrogen-bond acceptors (Lipinski definition) is 4. The highest BCUT2D eigenvalue weighted by molar-refractivity contribution is 9.10. The number of carbonyl (C=O) groups excluding carboxylic acids is 1. The van der Waals surface area contributed by atoms with Crippen LogP contribution in [0.5, 0.6) is 5.75 Å². The number of benzene rings is 2. The van der Waals surface area contributed by atoms with E-state index in [1.807, 2.05) is 29.6 Å². The first-order valence-corrected chi connectivity index (χ1v) is 8.06. The fourth-order valence-corrected chi connectivity index (χ4v) is 3.12. The van der Waals surface area contributed by atoms with Crippen LogP contribution in [0.4, 0.5) is 0 Å². The van der Waals surface area contributed by atoms with E-state index in [9.17, 15) is 9.90 Å². The number of thiazole rings is 1. The summed E-state index contributed by atoms with van der Waals surface area (Å²) in [6.07, 6.45) is 0. The van der Waals surface area contributed by atoms with Crippen molar-refractivity contribution >= 4 is 33.2 Å². The zero-order valence-electron chi connectivity index (χ0n) is 11.3. The van der Waals surface area contributed by atoms with Crippen LogP contribution in [-0.2, 0) is 0 Å². The molecule has 0 atom stereocenters. The lowest BCUT2D eigenvalue weighted by Gasteiger charge is -2.03. The summed E-state index contributed by atoms with van der Waals surface area (Å²) < 4.78 is 1.01. The number of hydrogen-bond donors (Lipinski definition) is 2. The highest BCUT2D eigenvalue weighted by Gasteiger charge is 2.12. The molecule has 3 aromatic rings. The smallest absolute Gasteiger partial charge is 0.252 e. The molecule has 0 saturated heterocycles. The Labute approximate surface area is 139 Å². The van der Waals surface area contributed by atoms with Crippen LogP contribution in [0, 0.1) is 0 Å². The van der Waals surface area contributed by atoms with Crippen LogP contribution in [0.25, 0.3) is 21.8 Å². The third kappa shape index (κ3) is 2.88. The molecule has 0 spiro atoms. The van der Waals surface area contributed by atoms with E-state index in [0.717, 1.165) is 26.3 Å². The molecular formula is C16H11BrN2O2S. The second kappa shape index (κ2) is 5.90. The molecule has 0 aliphatic rings. The third-order valence-corrected chi connectivity index (χ3v) is 4.57. The average molecular weight is 375 g/mol. The standard InChI is InChI=1S/C16H11BrN2O2S/c17-11-4-1-9(2-5-11)16-19-13(8-22-16)10-3-6-14(20)12(7-10)15(18)21/h1-8,20H,(H2,18,21). The Kier molecular flexibility index (Phi) is 3.96. The Morgan fingerprint density at radius 3 is 2.50 bits per heavy atom. The lowest BCUT2D eigenvalue weighted by Crippen LogP contribution is -2.11. The molecule has 1 aromatic heterocycles. The monoisotopic (exact) mass is 374 g/mol. The van der Waals surface area contributed by atoms with Crippen molar-refractivity contribution in [3.63, 3.8) is 0 Å². The molecule has 3 rings (SSSR count). The minimum absolute atomic E-state index is 0.0932. The molecule has 3 N–H and O–H groups in total. The van der Waals surface area contributed by atoms with Gasteiger partial charge in [0.15, 0.2) is 0 Å². The van der Waals surface area contributed by atoms with Gasteiger partial charge in [0, 0.05) is 21.0 Å². The van der Waals surface area contributed by atoms with Crippen LogP contribution in [0.1, 0.15) is 10.4 Å². The molecule has 6 heteroatoms. The summed E-state index contributed by atoms with van der Waals surface area (Å²) in [4.78, 5) is 15.9. The number of primary amides is 1. The van der Waals surface area contributed by atoms with E-state index in [-0.39, 0.29) is 11.3 Å². The second-order valence-corrected chi connectivity index (χ2v) is 6.41. The lowest BCUT2D eigenvalue weighted by atomic mass is 10.1. The summed E-state index contributed by atoms with van der Waals surface area (Å²) in [6, 6.07) is 12.6. The maximum absolute atomic E-state index is 11.3. The Morgan fingerprint density at radius 1 is 1.14 bits per heavy atom. The van der Waals surface area contributed by atoms with Crippen LogP contribution >= 0.6 is 27.3 Å². The van der Waals surface area contributed by atoms with Crippen LogP contribution in [0.3, 0.4) is 0 Å². The fourth-order valence-electron chi connectivity index (χ4n) is 2.02. The van der Waals surface area contributed by atoms with Gasteiger partial charge in [-0.1, -0.05) is 28.1 Å². The molecule has 0 aliphatic heterocycles. The third-order valence-electron chi connectivity index (χ3n) is 3.15. The van der Waals surface area contributed by atoms with Crippen molar-refractivity contribution in [2.75, 3.05) is 0 Å². The van der Waals surface area contributed by atoms with Crippen LogP contribution in [0.2, 0.25) is 0 Å². The fraction of sp³-hybridized carbons (Fsp3) is 0. The van der Waals surface area contributed by atoms with Gasteiger partial charge in [0.2, 0.25) is 0 Å².